The molecule has 2 N–H and O–H groups in total. The van der Waals surface area contributed by atoms with Crippen LogP contribution in [-0.2, 0) is 14.3 Å². The first-order valence-corrected chi connectivity index (χ1v) is 10.4. The van der Waals surface area contributed by atoms with Crippen molar-refractivity contribution >= 4 is 33.4 Å². The van der Waals surface area contributed by atoms with Gasteiger partial charge < -0.3 is 19.9 Å². The largest absolute Gasteiger partial charge is 0.465 e. The zero-order chi connectivity index (χ0) is 22.1. The lowest BCUT2D eigenvalue weighted by Gasteiger charge is -2.28. The van der Waals surface area contributed by atoms with Crippen molar-refractivity contribution in [3.63, 3.8) is 0 Å². The van der Waals surface area contributed by atoms with Crippen LogP contribution in [0.15, 0.2) is 64.8 Å². The van der Waals surface area contributed by atoms with Crippen LogP contribution < -0.4 is 15.2 Å². The Morgan fingerprint density at radius 1 is 1.10 bits per heavy atom. The van der Waals surface area contributed by atoms with Crippen molar-refractivity contribution in [1.82, 2.24) is 0 Å². The van der Waals surface area contributed by atoms with Crippen LogP contribution in [0.4, 0.5) is 0 Å². The zero-order valence-electron chi connectivity index (χ0n) is 16.8. The van der Waals surface area contributed by atoms with Crippen molar-refractivity contribution in [1.29, 1.82) is 0 Å². The molecule has 0 saturated heterocycles. The first kappa shape index (κ1) is 20.6. The summed E-state index contributed by atoms with van der Waals surface area (Å²) in [5, 5.41) is 0.726. The van der Waals surface area contributed by atoms with Gasteiger partial charge in [-0.25, -0.2) is 9.59 Å². The first-order valence-electron chi connectivity index (χ1n) is 9.54. The Morgan fingerprint density at radius 2 is 1.81 bits per heavy atom. The molecule has 2 heterocycles. The van der Waals surface area contributed by atoms with Crippen LogP contribution in [0.1, 0.15) is 34.3 Å². The number of ether oxygens (including phenoxy) is 3. The summed E-state index contributed by atoms with van der Waals surface area (Å²) in [6, 6.07) is 13.8. The fourth-order valence-corrected chi connectivity index (χ4v) is 4.57. The quantitative estimate of drug-likeness (QED) is 0.625. The average Bonchev–Trinajstić information content (AvgIpc) is 2.78. The van der Waals surface area contributed by atoms with Crippen molar-refractivity contribution in [3.8, 4) is 5.75 Å². The molecule has 8 heteroatoms. The van der Waals surface area contributed by atoms with Gasteiger partial charge in [-0.05, 0) is 36.8 Å². The highest BCUT2D eigenvalue weighted by atomic mass is 32.1. The highest BCUT2D eigenvalue weighted by Crippen LogP contribution is 2.44. The van der Waals surface area contributed by atoms with Crippen molar-refractivity contribution in [2.75, 3.05) is 13.7 Å². The Bertz CT molecular complexity index is 1280. The number of benzene rings is 2. The smallest absolute Gasteiger partial charge is 0.340 e. The normalized spacial score (nSPS) is 15.2. The first-order chi connectivity index (χ1) is 15.0. The van der Waals surface area contributed by atoms with Crippen molar-refractivity contribution in [3.05, 3.63) is 86.2 Å². The Morgan fingerprint density at radius 3 is 2.48 bits per heavy atom. The molecule has 0 fully saturated rings. The van der Waals surface area contributed by atoms with Gasteiger partial charge in [0.25, 0.3) is 0 Å². The molecule has 2 aromatic carbocycles. The van der Waals surface area contributed by atoms with E-state index in [1.807, 2.05) is 24.3 Å². The van der Waals surface area contributed by atoms with E-state index in [9.17, 15) is 14.4 Å². The van der Waals surface area contributed by atoms with Gasteiger partial charge in [-0.15, -0.1) is 0 Å². The second-order valence-corrected chi connectivity index (χ2v) is 7.79. The van der Waals surface area contributed by atoms with Crippen molar-refractivity contribution in [2.24, 2.45) is 5.73 Å². The maximum absolute atomic E-state index is 13.2. The molecule has 1 atom stereocenters. The molecule has 0 aliphatic carbocycles. The third-order valence-corrected chi connectivity index (χ3v) is 6.00. The van der Waals surface area contributed by atoms with E-state index in [0.29, 0.717) is 22.4 Å². The van der Waals surface area contributed by atoms with Crippen LogP contribution >= 0.6 is 11.3 Å². The minimum Gasteiger partial charge on any atom is -0.465 e. The second kappa shape index (κ2) is 8.23. The molecule has 0 amide bonds. The number of carbonyl (C=O) groups excluding carboxylic acids is 2. The van der Waals surface area contributed by atoms with E-state index in [4.69, 9.17) is 19.9 Å². The van der Waals surface area contributed by atoms with E-state index < -0.39 is 17.9 Å². The molecule has 158 valence electrons. The third kappa shape index (κ3) is 3.55. The van der Waals surface area contributed by atoms with Crippen molar-refractivity contribution < 1.29 is 23.8 Å². The second-order valence-electron chi connectivity index (χ2n) is 6.78. The number of fused-ring (bicyclic) bond motifs is 3. The summed E-state index contributed by atoms with van der Waals surface area (Å²) in [5.41, 5.74) is 7.49. The molecule has 4 rings (SSSR count). The molecule has 31 heavy (non-hydrogen) atoms. The van der Waals surface area contributed by atoms with Gasteiger partial charge in [-0.1, -0.05) is 35.6 Å². The minimum atomic E-state index is -0.803. The summed E-state index contributed by atoms with van der Waals surface area (Å²) in [6.45, 7) is 1.82. The highest BCUT2D eigenvalue weighted by molar-refractivity contribution is 7.16. The molecular formula is C23H19NO6S. The number of esters is 2. The van der Waals surface area contributed by atoms with Gasteiger partial charge in [0.15, 0.2) is 0 Å². The lowest BCUT2D eigenvalue weighted by Crippen LogP contribution is -2.30. The number of rotatable bonds is 4. The maximum atomic E-state index is 13.2. The summed E-state index contributed by atoms with van der Waals surface area (Å²) in [7, 11) is 1.30. The number of hydrogen-bond donors (Lipinski definition) is 1. The van der Waals surface area contributed by atoms with Crippen LogP contribution in [0.25, 0.3) is 10.1 Å². The van der Waals surface area contributed by atoms with Crippen LogP contribution in [0, 0.1) is 0 Å². The lowest BCUT2D eigenvalue weighted by molar-refractivity contribution is -0.139. The number of hydrogen-bond acceptors (Lipinski definition) is 8. The van der Waals surface area contributed by atoms with Gasteiger partial charge in [-0.3, -0.25) is 4.79 Å². The zero-order valence-corrected chi connectivity index (χ0v) is 17.7. The van der Waals surface area contributed by atoms with Crippen LogP contribution in [0.2, 0.25) is 0 Å². The fourth-order valence-electron chi connectivity index (χ4n) is 3.64. The van der Waals surface area contributed by atoms with E-state index in [0.717, 1.165) is 21.4 Å². The minimum absolute atomic E-state index is 0.0553. The summed E-state index contributed by atoms with van der Waals surface area (Å²) in [6.07, 6.45) is 0. The molecule has 0 spiro atoms. The van der Waals surface area contributed by atoms with Gasteiger partial charge in [0.1, 0.15) is 11.3 Å². The Balaban J connectivity index is 1.97. The molecule has 0 radical (unpaired) electrons. The lowest BCUT2D eigenvalue weighted by atomic mass is 9.83. The highest BCUT2D eigenvalue weighted by Gasteiger charge is 2.38. The summed E-state index contributed by atoms with van der Waals surface area (Å²) < 4.78 is 16.3. The van der Waals surface area contributed by atoms with E-state index in [-0.39, 0.29) is 22.8 Å². The number of nitrogens with two attached hydrogens (primary N) is 1. The van der Waals surface area contributed by atoms with E-state index in [1.165, 1.54) is 7.11 Å². The predicted molar refractivity (Wildman–Crippen MR) is 116 cm³/mol. The van der Waals surface area contributed by atoms with Gasteiger partial charge >= 0.3 is 11.9 Å². The van der Waals surface area contributed by atoms with E-state index in [1.54, 1.807) is 31.2 Å². The summed E-state index contributed by atoms with van der Waals surface area (Å²) in [5.74, 6) is -1.74. The molecule has 1 aliphatic rings. The number of methoxy groups -OCH3 is 1. The maximum Gasteiger partial charge on any atom is 0.340 e. The molecule has 1 aliphatic heterocycles. The monoisotopic (exact) mass is 437 g/mol. The van der Waals surface area contributed by atoms with Gasteiger partial charge in [-0.2, -0.15) is 0 Å². The van der Waals surface area contributed by atoms with Crippen LogP contribution in [0.5, 0.6) is 5.75 Å². The Kier molecular flexibility index (Phi) is 5.48. The topological polar surface area (TPSA) is 105 Å². The fraction of sp³-hybridized carbons (Fsp3) is 0.174. The van der Waals surface area contributed by atoms with E-state index in [2.05, 4.69) is 0 Å². The summed E-state index contributed by atoms with van der Waals surface area (Å²) >= 11 is 1.07. The van der Waals surface area contributed by atoms with Crippen LogP contribution in [-0.4, -0.2) is 25.7 Å². The standard InChI is InChI=1S/C23H19NO6S/c1-3-29-22(26)18-16(12-8-10-13(11-9-12)21(25)28-2)17-19(30-20(18)24)14-6-4-5-7-15(14)31-23(17)27/h4-11,16H,3,24H2,1-2H3. The molecule has 0 saturated carbocycles. The predicted octanol–water partition coefficient (Wildman–Crippen LogP) is 3.31. The molecule has 0 bridgehead atoms. The average molecular weight is 437 g/mol. The van der Waals surface area contributed by atoms with E-state index >= 15 is 0 Å². The Hall–Kier alpha value is -3.65. The summed E-state index contributed by atoms with van der Waals surface area (Å²) in [4.78, 5) is 37.8. The van der Waals surface area contributed by atoms with Gasteiger partial charge in [0, 0.05) is 10.1 Å². The van der Waals surface area contributed by atoms with Crippen LogP contribution in [0.3, 0.4) is 0 Å². The number of carbonyl (C=O) groups is 2. The molecule has 1 aromatic heterocycles. The Labute approximate surface area is 181 Å². The SMILES string of the molecule is CCOC(=O)C1=C(N)Oc2c(c(=O)sc3ccccc23)C1c1ccc(C(=O)OC)cc1. The molecule has 1 unspecified atom stereocenters. The molecular weight excluding hydrogens is 418 g/mol. The van der Waals surface area contributed by atoms with Gasteiger partial charge in [0.2, 0.25) is 10.6 Å². The molecule has 3 aromatic rings. The van der Waals surface area contributed by atoms with Gasteiger partial charge in [0.05, 0.1) is 30.8 Å². The third-order valence-electron chi connectivity index (χ3n) is 5.01. The molecule has 7 nitrogen and oxygen atoms in total. The van der Waals surface area contributed by atoms with Crippen molar-refractivity contribution in [2.45, 2.75) is 12.8 Å².